The Hall–Kier alpha value is -3.50. The average molecular weight is 537 g/mol. The molecule has 1 saturated heterocycles. The Labute approximate surface area is 211 Å². The van der Waals surface area contributed by atoms with Crippen LogP contribution in [0.4, 0.5) is 10.3 Å². The molecule has 0 radical (unpaired) electrons. The molecule has 4 heterocycles. The Balaban J connectivity index is 1.51. The molecule has 35 heavy (non-hydrogen) atoms. The van der Waals surface area contributed by atoms with Crippen LogP contribution in [-0.2, 0) is 19.2 Å². The van der Waals surface area contributed by atoms with Crippen molar-refractivity contribution in [2.45, 2.75) is 18.3 Å². The van der Waals surface area contributed by atoms with Gasteiger partial charge in [-0.05, 0) is 6.92 Å². The number of nitrogens with zero attached hydrogens (tertiary/aromatic N) is 6. The lowest BCUT2D eigenvalue weighted by atomic mass is 10.0. The Morgan fingerprint density at radius 1 is 1.37 bits per heavy atom. The standard InChI is InChI=1S/C19H20N8O5S3/c1-8-5-35-19(22-8)26(2)21-4-9-6-33-16-12(15(29)27(16)13(9)17(30)31)24-14(28)11(25-32-3)10-7-34-18(20)23-10/h4-5,7,12,16H,6H2,1-3H3,(H2,20,23)(H,24,28)(H,30,31)/b21-4?,25-11-/t12?,16-/m0/s1. The number of thiazole rings is 2. The quantitative estimate of drug-likeness (QED) is 0.247. The molecule has 0 saturated carbocycles. The maximum atomic E-state index is 12.9. The van der Waals surface area contributed by atoms with Gasteiger partial charge in [-0.1, -0.05) is 5.16 Å². The molecule has 2 aromatic rings. The number of nitrogens with one attached hydrogen (secondary N) is 1. The van der Waals surface area contributed by atoms with E-state index in [-0.39, 0.29) is 28.0 Å². The molecule has 0 aromatic carbocycles. The van der Waals surface area contributed by atoms with Crippen molar-refractivity contribution in [1.82, 2.24) is 20.2 Å². The molecule has 2 aliphatic heterocycles. The van der Waals surface area contributed by atoms with Gasteiger partial charge in [0.15, 0.2) is 10.8 Å². The van der Waals surface area contributed by atoms with E-state index in [0.717, 1.165) is 21.9 Å². The summed E-state index contributed by atoms with van der Waals surface area (Å²) in [6.45, 7) is 1.86. The lowest BCUT2D eigenvalue weighted by molar-refractivity contribution is -0.150. The van der Waals surface area contributed by atoms with Gasteiger partial charge in [-0.15, -0.1) is 34.4 Å². The minimum atomic E-state index is -1.26. The molecule has 4 rings (SSSR count). The molecule has 2 aromatic heterocycles. The summed E-state index contributed by atoms with van der Waals surface area (Å²) in [4.78, 5) is 52.0. The minimum absolute atomic E-state index is 0.144. The number of amides is 2. The summed E-state index contributed by atoms with van der Waals surface area (Å²) >= 11 is 3.84. The van der Waals surface area contributed by atoms with Crippen LogP contribution >= 0.6 is 34.4 Å². The van der Waals surface area contributed by atoms with E-state index in [1.165, 1.54) is 46.8 Å². The summed E-state index contributed by atoms with van der Waals surface area (Å²) in [5.41, 5.74) is 6.75. The van der Waals surface area contributed by atoms with E-state index in [9.17, 15) is 19.5 Å². The number of carboxylic acids is 1. The van der Waals surface area contributed by atoms with Crippen molar-refractivity contribution < 1.29 is 24.3 Å². The van der Waals surface area contributed by atoms with E-state index in [1.807, 2.05) is 12.3 Å². The van der Waals surface area contributed by atoms with E-state index in [0.29, 0.717) is 10.7 Å². The zero-order chi connectivity index (χ0) is 25.3. The van der Waals surface area contributed by atoms with Crippen LogP contribution in [0.3, 0.4) is 0 Å². The summed E-state index contributed by atoms with van der Waals surface area (Å²) in [5, 5.41) is 25.7. The van der Waals surface area contributed by atoms with E-state index >= 15 is 0 Å². The van der Waals surface area contributed by atoms with Gasteiger partial charge in [-0.25, -0.2) is 19.8 Å². The number of oxime groups is 1. The first-order chi connectivity index (χ1) is 16.7. The number of carboxylic acid groups (broad SMARTS) is 1. The highest BCUT2D eigenvalue weighted by Crippen LogP contribution is 2.40. The first-order valence-corrected chi connectivity index (χ1v) is 12.8. The third kappa shape index (κ3) is 4.85. The normalized spacial score (nSPS) is 20.0. The summed E-state index contributed by atoms with van der Waals surface area (Å²) in [7, 11) is 2.97. The largest absolute Gasteiger partial charge is 0.477 e. The number of rotatable bonds is 8. The molecular formula is C19H20N8O5S3. The van der Waals surface area contributed by atoms with Crippen LogP contribution in [0.2, 0.25) is 0 Å². The smallest absolute Gasteiger partial charge is 0.353 e. The van der Waals surface area contributed by atoms with Crippen LogP contribution in [0.15, 0.2) is 32.3 Å². The molecule has 2 amide bonds. The number of hydrogen-bond acceptors (Lipinski definition) is 13. The fourth-order valence-electron chi connectivity index (χ4n) is 3.34. The Morgan fingerprint density at radius 3 is 2.74 bits per heavy atom. The van der Waals surface area contributed by atoms with Crippen LogP contribution in [0.1, 0.15) is 11.4 Å². The molecule has 2 atom stereocenters. The number of carbonyl (C=O) groups is 3. The monoisotopic (exact) mass is 536 g/mol. The molecule has 13 nitrogen and oxygen atoms in total. The number of anilines is 2. The van der Waals surface area contributed by atoms with Crippen molar-refractivity contribution in [2.75, 3.05) is 30.7 Å². The first-order valence-electron chi connectivity index (χ1n) is 9.95. The number of aliphatic carboxylic acids is 1. The molecule has 2 aliphatic rings. The van der Waals surface area contributed by atoms with Crippen molar-refractivity contribution in [2.24, 2.45) is 10.3 Å². The van der Waals surface area contributed by atoms with Crippen LogP contribution in [-0.4, -0.2) is 81.0 Å². The highest BCUT2D eigenvalue weighted by molar-refractivity contribution is 8.00. The van der Waals surface area contributed by atoms with Gasteiger partial charge in [0, 0.05) is 29.1 Å². The number of nitrogens with two attached hydrogens (primary N) is 1. The molecule has 184 valence electrons. The minimum Gasteiger partial charge on any atom is -0.477 e. The lowest BCUT2D eigenvalue weighted by Crippen LogP contribution is -2.71. The summed E-state index contributed by atoms with van der Waals surface area (Å²) < 4.78 is 0. The molecule has 0 aliphatic carbocycles. The van der Waals surface area contributed by atoms with Gasteiger partial charge in [0.1, 0.15) is 29.9 Å². The summed E-state index contributed by atoms with van der Waals surface area (Å²) in [6.07, 6.45) is 1.42. The maximum absolute atomic E-state index is 12.9. The first kappa shape index (κ1) is 24.6. The fraction of sp³-hybridized carbons (Fsp3) is 0.316. The SMILES string of the molecule is CO/N=C(\C(=O)NC1C(=O)N2C(C(=O)O)=C(C=NN(C)c3nc(C)cs3)CS[C@@H]12)c1csc(N)n1. The van der Waals surface area contributed by atoms with Crippen molar-refractivity contribution >= 4 is 74.4 Å². The van der Waals surface area contributed by atoms with Crippen LogP contribution in [0, 0.1) is 6.92 Å². The topological polar surface area (TPSA) is 176 Å². The zero-order valence-electron chi connectivity index (χ0n) is 18.7. The highest BCUT2D eigenvalue weighted by atomic mass is 32.2. The van der Waals surface area contributed by atoms with Gasteiger partial charge in [0.25, 0.3) is 11.8 Å². The number of carbonyl (C=O) groups excluding carboxylic acids is 2. The average Bonchev–Trinajstić information content (AvgIpc) is 3.46. The summed E-state index contributed by atoms with van der Waals surface area (Å²) in [5.74, 6) is -2.23. The molecule has 0 bridgehead atoms. The molecule has 1 unspecified atom stereocenters. The van der Waals surface area contributed by atoms with Crippen molar-refractivity contribution in [3.05, 3.63) is 33.4 Å². The molecule has 0 spiro atoms. The maximum Gasteiger partial charge on any atom is 0.353 e. The Kier molecular flexibility index (Phi) is 7.04. The van der Waals surface area contributed by atoms with Crippen molar-refractivity contribution in [1.29, 1.82) is 0 Å². The van der Waals surface area contributed by atoms with Gasteiger partial charge >= 0.3 is 5.97 Å². The number of aromatic nitrogens is 2. The third-order valence-corrected chi connectivity index (χ3v) is 7.92. The number of aryl methyl sites for hydroxylation is 1. The van der Waals surface area contributed by atoms with Crippen molar-refractivity contribution in [3.63, 3.8) is 0 Å². The molecular weight excluding hydrogens is 516 g/mol. The van der Waals surface area contributed by atoms with Crippen LogP contribution in [0.5, 0.6) is 0 Å². The molecule has 16 heteroatoms. The number of thioether (sulfide) groups is 1. The Bertz CT molecular complexity index is 1270. The van der Waals surface area contributed by atoms with Crippen LogP contribution in [0.25, 0.3) is 0 Å². The van der Waals surface area contributed by atoms with Gasteiger partial charge in [0.2, 0.25) is 5.13 Å². The van der Waals surface area contributed by atoms with Gasteiger partial charge < -0.3 is 21.0 Å². The third-order valence-electron chi connectivity index (χ3n) is 4.92. The molecule has 1 fully saturated rings. The lowest BCUT2D eigenvalue weighted by Gasteiger charge is -2.49. The predicted octanol–water partition coefficient (Wildman–Crippen LogP) is 0.702. The van der Waals surface area contributed by atoms with Gasteiger partial charge in [-0.2, -0.15) is 5.10 Å². The van der Waals surface area contributed by atoms with E-state index in [4.69, 9.17) is 10.6 Å². The number of β-lactam (4-membered cyclic amide) rings is 1. The number of hydrazone groups is 1. The van der Waals surface area contributed by atoms with Crippen LogP contribution < -0.4 is 16.1 Å². The number of nitrogen functional groups attached to an aromatic ring is 1. The number of fused-ring (bicyclic) bond motifs is 1. The molecule has 4 N–H and O–H groups in total. The second-order valence-corrected chi connectivity index (χ2v) is 10.1. The van der Waals surface area contributed by atoms with Gasteiger partial charge in [-0.3, -0.25) is 14.5 Å². The van der Waals surface area contributed by atoms with Gasteiger partial charge in [0.05, 0.1) is 11.9 Å². The van der Waals surface area contributed by atoms with Crippen molar-refractivity contribution in [3.8, 4) is 0 Å². The zero-order valence-corrected chi connectivity index (χ0v) is 21.1. The predicted molar refractivity (Wildman–Crippen MR) is 134 cm³/mol. The van der Waals surface area contributed by atoms with E-state index < -0.39 is 29.2 Å². The van der Waals surface area contributed by atoms with E-state index in [1.54, 1.807) is 7.05 Å². The highest BCUT2D eigenvalue weighted by Gasteiger charge is 2.54. The second-order valence-electron chi connectivity index (χ2n) is 7.27. The summed E-state index contributed by atoms with van der Waals surface area (Å²) in [6, 6.07) is -0.945. The Morgan fingerprint density at radius 2 is 2.14 bits per heavy atom. The van der Waals surface area contributed by atoms with E-state index in [2.05, 4.69) is 25.5 Å². The second kappa shape index (κ2) is 10.0. The number of hydrogen-bond donors (Lipinski definition) is 3. The fourth-order valence-corrected chi connectivity index (χ4v) is 5.91.